The van der Waals surface area contributed by atoms with Crippen LogP contribution >= 0.6 is 11.3 Å². The van der Waals surface area contributed by atoms with Crippen LogP contribution in [0.15, 0.2) is 47.4 Å². The number of benzene rings is 2. The second kappa shape index (κ2) is 9.73. The third-order valence-corrected chi connectivity index (χ3v) is 7.22. The second-order valence-corrected chi connectivity index (χ2v) is 10.5. The van der Waals surface area contributed by atoms with Crippen LogP contribution in [-0.2, 0) is 14.8 Å². The summed E-state index contributed by atoms with van der Waals surface area (Å²) in [7, 11) is -0.952. The van der Waals surface area contributed by atoms with Crippen molar-refractivity contribution in [2.75, 3.05) is 26.0 Å². The number of anilines is 1. The number of sulfonamides is 1. The molecule has 0 radical (unpaired) electrons. The highest BCUT2D eigenvalue weighted by atomic mass is 32.2. The first-order valence-electron chi connectivity index (χ1n) is 9.52. The smallest absolute Gasteiger partial charge is 0.251 e. The molecule has 0 bridgehead atoms. The van der Waals surface area contributed by atoms with Gasteiger partial charge in [-0.2, -0.15) is 0 Å². The number of nitrogens with one attached hydrogen (secondary N) is 2. The fourth-order valence-corrected chi connectivity index (χ4v) is 4.60. The van der Waals surface area contributed by atoms with E-state index in [0.29, 0.717) is 16.1 Å². The van der Waals surface area contributed by atoms with Gasteiger partial charge in [0.1, 0.15) is 0 Å². The van der Waals surface area contributed by atoms with Gasteiger partial charge in [0.25, 0.3) is 5.91 Å². The van der Waals surface area contributed by atoms with Crippen molar-refractivity contribution >= 4 is 38.3 Å². The van der Waals surface area contributed by atoms with Gasteiger partial charge in [-0.05, 0) is 43.3 Å². The summed E-state index contributed by atoms with van der Waals surface area (Å²) in [4.78, 5) is 29.5. The van der Waals surface area contributed by atoms with Crippen molar-refractivity contribution < 1.29 is 26.8 Å². The SMILES string of the molecule is Cc1sc(NC(=O)CNC(=O)c2cccc(S(=O)(=O)N(C)C)c2)nc1-c1ccc(F)c(F)c1. The maximum atomic E-state index is 13.5. The molecule has 0 aliphatic heterocycles. The van der Waals surface area contributed by atoms with Gasteiger partial charge in [-0.1, -0.05) is 6.07 Å². The first-order valence-corrected chi connectivity index (χ1v) is 11.8. The van der Waals surface area contributed by atoms with Gasteiger partial charge in [-0.25, -0.2) is 26.5 Å². The van der Waals surface area contributed by atoms with E-state index in [1.807, 2.05) is 0 Å². The van der Waals surface area contributed by atoms with Crippen molar-refractivity contribution in [3.05, 3.63) is 64.5 Å². The van der Waals surface area contributed by atoms with E-state index in [1.54, 1.807) is 6.92 Å². The van der Waals surface area contributed by atoms with Crippen LogP contribution in [0.1, 0.15) is 15.2 Å². The van der Waals surface area contributed by atoms with E-state index < -0.39 is 33.5 Å². The van der Waals surface area contributed by atoms with Gasteiger partial charge in [-0.3, -0.25) is 9.59 Å². The Morgan fingerprint density at radius 3 is 2.48 bits per heavy atom. The number of amides is 2. The van der Waals surface area contributed by atoms with Crippen LogP contribution < -0.4 is 10.6 Å². The summed E-state index contributed by atoms with van der Waals surface area (Å²) in [6.45, 7) is 1.34. The van der Waals surface area contributed by atoms with Crippen molar-refractivity contribution in [2.24, 2.45) is 0 Å². The molecule has 0 unspecified atom stereocenters. The predicted octanol–water partition coefficient (Wildman–Crippen LogP) is 3.02. The Labute approximate surface area is 193 Å². The molecule has 0 aliphatic rings. The maximum absolute atomic E-state index is 13.5. The molecule has 0 saturated heterocycles. The lowest BCUT2D eigenvalue weighted by Gasteiger charge is -2.12. The number of carbonyl (C=O) groups excluding carboxylic acids is 2. The summed E-state index contributed by atoms with van der Waals surface area (Å²) < 4.78 is 52.2. The third kappa shape index (κ3) is 5.59. The summed E-state index contributed by atoms with van der Waals surface area (Å²) in [6.07, 6.45) is 0. The number of hydrogen-bond acceptors (Lipinski definition) is 6. The zero-order valence-corrected chi connectivity index (χ0v) is 19.5. The number of thiazole rings is 1. The minimum Gasteiger partial charge on any atom is -0.343 e. The molecule has 0 fully saturated rings. The molecule has 1 heterocycles. The zero-order chi connectivity index (χ0) is 24.3. The highest BCUT2D eigenvalue weighted by Crippen LogP contribution is 2.31. The normalized spacial score (nSPS) is 11.5. The van der Waals surface area contributed by atoms with Crippen LogP contribution in [0.2, 0.25) is 0 Å². The monoisotopic (exact) mass is 494 g/mol. The topological polar surface area (TPSA) is 108 Å². The lowest BCUT2D eigenvalue weighted by molar-refractivity contribution is -0.115. The summed E-state index contributed by atoms with van der Waals surface area (Å²) in [6, 6.07) is 8.86. The number of aryl methyl sites for hydroxylation is 1. The van der Waals surface area contributed by atoms with Crippen LogP contribution in [-0.4, -0.2) is 50.2 Å². The molecule has 33 heavy (non-hydrogen) atoms. The van der Waals surface area contributed by atoms with Crippen LogP contribution in [0.25, 0.3) is 11.3 Å². The van der Waals surface area contributed by atoms with Crippen LogP contribution in [0.4, 0.5) is 13.9 Å². The minimum atomic E-state index is -3.71. The van der Waals surface area contributed by atoms with Gasteiger partial charge >= 0.3 is 0 Å². The summed E-state index contributed by atoms with van der Waals surface area (Å²) in [5.41, 5.74) is 0.845. The maximum Gasteiger partial charge on any atom is 0.251 e. The van der Waals surface area contributed by atoms with E-state index in [1.165, 1.54) is 44.4 Å². The molecule has 8 nitrogen and oxygen atoms in total. The Hall–Kier alpha value is -3.22. The number of halogens is 2. The Balaban J connectivity index is 1.64. The molecule has 2 aromatic carbocycles. The fourth-order valence-electron chi connectivity index (χ4n) is 2.80. The second-order valence-electron chi connectivity index (χ2n) is 7.10. The van der Waals surface area contributed by atoms with Crippen molar-refractivity contribution in [3.63, 3.8) is 0 Å². The first-order chi connectivity index (χ1) is 15.5. The van der Waals surface area contributed by atoms with E-state index in [4.69, 9.17) is 0 Å². The Morgan fingerprint density at radius 1 is 1.09 bits per heavy atom. The standard InChI is InChI=1S/C21H20F2N4O4S2/c1-12-19(13-7-8-16(22)17(23)10-13)26-21(32-12)25-18(28)11-24-20(29)14-5-4-6-15(9-14)33(30,31)27(2)3/h4-10H,11H2,1-3H3,(H,24,29)(H,25,26,28). The van der Waals surface area contributed by atoms with Gasteiger partial charge in [0.05, 0.1) is 17.1 Å². The third-order valence-electron chi connectivity index (χ3n) is 4.52. The van der Waals surface area contributed by atoms with Gasteiger partial charge in [0.15, 0.2) is 16.8 Å². The molecule has 2 amide bonds. The van der Waals surface area contributed by atoms with Crippen molar-refractivity contribution in [1.29, 1.82) is 0 Å². The van der Waals surface area contributed by atoms with Crippen molar-refractivity contribution in [3.8, 4) is 11.3 Å². The van der Waals surface area contributed by atoms with Crippen molar-refractivity contribution in [1.82, 2.24) is 14.6 Å². The average molecular weight is 495 g/mol. The molecule has 3 rings (SSSR count). The fraction of sp³-hybridized carbons (Fsp3) is 0.190. The molecule has 12 heteroatoms. The summed E-state index contributed by atoms with van der Waals surface area (Å²) in [5, 5.41) is 5.19. The lowest BCUT2D eigenvalue weighted by Crippen LogP contribution is -2.33. The van der Waals surface area contributed by atoms with Crippen LogP contribution in [0, 0.1) is 18.6 Å². The molecule has 174 valence electrons. The average Bonchev–Trinajstić information content (AvgIpc) is 3.13. The molecule has 2 N–H and O–H groups in total. The van der Waals surface area contributed by atoms with Gasteiger partial charge in [-0.15, -0.1) is 11.3 Å². The van der Waals surface area contributed by atoms with Crippen LogP contribution in [0.5, 0.6) is 0 Å². The summed E-state index contributed by atoms with van der Waals surface area (Å²) >= 11 is 1.14. The molecule has 0 spiro atoms. The van der Waals surface area contributed by atoms with Crippen LogP contribution in [0.3, 0.4) is 0 Å². The van der Waals surface area contributed by atoms with E-state index in [9.17, 15) is 26.8 Å². The van der Waals surface area contributed by atoms with Gasteiger partial charge < -0.3 is 10.6 Å². The number of carbonyl (C=O) groups is 2. The number of aromatic nitrogens is 1. The minimum absolute atomic E-state index is 0.0485. The van der Waals surface area contributed by atoms with Gasteiger partial charge in [0.2, 0.25) is 15.9 Å². The van der Waals surface area contributed by atoms with E-state index >= 15 is 0 Å². The zero-order valence-electron chi connectivity index (χ0n) is 17.8. The largest absolute Gasteiger partial charge is 0.343 e. The van der Waals surface area contributed by atoms with Crippen molar-refractivity contribution in [2.45, 2.75) is 11.8 Å². The quantitative estimate of drug-likeness (QED) is 0.525. The molecule has 1 aromatic heterocycles. The molecule has 3 aromatic rings. The Morgan fingerprint density at radius 2 is 1.82 bits per heavy atom. The number of nitrogens with zero attached hydrogens (tertiary/aromatic N) is 2. The molecular weight excluding hydrogens is 474 g/mol. The number of hydrogen-bond donors (Lipinski definition) is 2. The highest BCUT2D eigenvalue weighted by molar-refractivity contribution is 7.89. The molecular formula is C21H20F2N4O4S2. The van der Waals surface area contributed by atoms with Gasteiger partial charge in [0, 0.05) is 30.1 Å². The first kappa shape index (κ1) is 24.4. The Kier molecular flexibility index (Phi) is 7.20. The highest BCUT2D eigenvalue weighted by Gasteiger charge is 2.19. The van der Waals surface area contributed by atoms with E-state index in [-0.39, 0.29) is 22.1 Å². The Bertz CT molecular complexity index is 1320. The molecule has 0 atom stereocenters. The lowest BCUT2D eigenvalue weighted by atomic mass is 10.1. The molecule has 0 saturated carbocycles. The predicted molar refractivity (Wildman–Crippen MR) is 120 cm³/mol. The summed E-state index contributed by atoms with van der Waals surface area (Å²) in [5.74, 6) is -3.17. The van der Waals surface area contributed by atoms with E-state index in [2.05, 4.69) is 15.6 Å². The number of rotatable bonds is 7. The molecule has 0 aliphatic carbocycles. The van der Waals surface area contributed by atoms with E-state index in [0.717, 1.165) is 27.8 Å².